The van der Waals surface area contributed by atoms with E-state index in [-0.39, 0.29) is 12.5 Å². The van der Waals surface area contributed by atoms with Crippen molar-refractivity contribution in [1.29, 1.82) is 0 Å². The largest absolute Gasteiger partial charge is 0.497 e. The molecule has 0 aromatic heterocycles. The van der Waals surface area contributed by atoms with Crippen molar-refractivity contribution in [2.45, 2.75) is 39.8 Å². The van der Waals surface area contributed by atoms with Gasteiger partial charge in [-0.15, -0.1) is 0 Å². The number of carbonyl (C=O) groups is 2. The maximum Gasteiger partial charge on any atom is 0.244 e. The van der Waals surface area contributed by atoms with E-state index in [2.05, 4.69) is 5.32 Å². The molecule has 0 heterocycles. The van der Waals surface area contributed by atoms with E-state index >= 15 is 0 Å². The average molecular weight is 476 g/mol. The van der Waals surface area contributed by atoms with E-state index in [1.165, 1.54) is 4.90 Å². The monoisotopic (exact) mass is 475 g/mol. The number of methoxy groups -OCH3 is 1. The van der Waals surface area contributed by atoms with Crippen LogP contribution in [0.1, 0.15) is 31.9 Å². The van der Waals surface area contributed by atoms with Gasteiger partial charge in [-0.1, -0.05) is 37.3 Å². The minimum atomic E-state index is -3.75. The summed E-state index contributed by atoms with van der Waals surface area (Å²) >= 11 is 0. The fourth-order valence-corrected chi connectivity index (χ4v) is 4.36. The first-order valence-electron chi connectivity index (χ1n) is 10.9. The second-order valence-corrected chi connectivity index (χ2v) is 9.60. The Morgan fingerprint density at radius 2 is 1.70 bits per heavy atom. The summed E-state index contributed by atoms with van der Waals surface area (Å²) in [5.74, 6) is -0.104. The molecule has 180 valence electrons. The lowest BCUT2D eigenvalue weighted by Crippen LogP contribution is -2.51. The van der Waals surface area contributed by atoms with Gasteiger partial charge in [-0.25, -0.2) is 8.42 Å². The van der Waals surface area contributed by atoms with Crippen molar-refractivity contribution < 1.29 is 22.7 Å². The second kappa shape index (κ2) is 11.7. The van der Waals surface area contributed by atoms with Crippen molar-refractivity contribution in [1.82, 2.24) is 10.2 Å². The van der Waals surface area contributed by atoms with Crippen LogP contribution in [0.2, 0.25) is 0 Å². The summed E-state index contributed by atoms with van der Waals surface area (Å²) in [5, 5.41) is 2.73. The molecule has 0 fully saturated rings. The Hall–Kier alpha value is -3.07. The van der Waals surface area contributed by atoms with E-state index < -0.39 is 28.5 Å². The molecule has 0 aliphatic rings. The molecule has 1 N–H and O–H groups in total. The van der Waals surface area contributed by atoms with E-state index in [4.69, 9.17) is 4.74 Å². The zero-order valence-electron chi connectivity index (χ0n) is 19.9. The number of nitrogens with one attached hydrogen (secondary N) is 1. The molecule has 9 heteroatoms. The van der Waals surface area contributed by atoms with Crippen molar-refractivity contribution >= 4 is 27.5 Å². The van der Waals surface area contributed by atoms with Gasteiger partial charge in [0.05, 0.1) is 19.1 Å². The Balaban J connectivity index is 2.40. The zero-order chi connectivity index (χ0) is 24.6. The van der Waals surface area contributed by atoms with Crippen LogP contribution in [0.25, 0.3) is 0 Å². The van der Waals surface area contributed by atoms with Gasteiger partial charge in [0, 0.05) is 13.1 Å². The minimum absolute atomic E-state index is 0.147. The molecule has 2 aromatic rings. The molecule has 0 saturated heterocycles. The molecule has 0 saturated carbocycles. The van der Waals surface area contributed by atoms with Gasteiger partial charge < -0.3 is 15.0 Å². The number of nitrogens with zero attached hydrogens (tertiary/aromatic N) is 2. The third-order valence-electron chi connectivity index (χ3n) is 5.35. The van der Waals surface area contributed by atoms with Crippen LogP contribution in [0.5, 0.6) is 5.75 Å². The molecule has 33 heavy (non-hydrogen) atoms. The van der Waals surface area contributed by atoms with E-state index in [1.54, 1.807) is 45.2 Å². The molecule has 0 unspecified atom stereocenters. The number of carbonyl (C=O) groups excluding carboxylic acids is 2. The van der Waals surface area contributed by atoms with E-state index in [0.717, 1.165) is 21.7 Å². The number of aryl methyl sites for hydroxylation is 1. The average Bonchev–Trinajstić information content (AvgIpc) is 2.80. The summed E-state index contributed by atoms with van der Waals surface area (Å²) in [7, 11) is -2.18. The van der Waals surface area contributed by atoms with Gasteiger partial charge in [-0.2, -0.15) is 0 Å². The van der Waals surface area contributed by atoms with Crippen LogP contribution in [0.15, 0.2) is 48.5 Å². The molecular formula is C24H33N3O5S. The Labute approximate surface area is 196 Å². The maximum atomic E-state index is 13.5. The van der Waals surface area contributed by atoms with Crippen molar-refractivity contribution in [3.05, 3.63) is 59.7 Å². The Kier molecular flexibility index (Phi) is 9.28. The van der Waals surface area contributed by atoms with Crippen molar-refractivity contribution in [2.24, 2.45) is 0 Å². The SMILES string of the molecule is CCNC(=O)[C@@H](C)N(Cc1ccc(OC)cc1)C(=O)CN(c1ccccc1CC)S(C)(=O)=O. The van der Waals surface area contributed by atoms with Gasteiger partial charge in [0.15, 0.2) is 0 Å². The van der Waals surface area contributed by atoms with E-state index in [9.17, 15) is 18.0 Å². The summed E-state index contributed by atoms with van der Waals surface area (Å²) in [4.78, 5) is 27.4. The topological polar surface area (TPSA) is 96.0 Å². The first-order valence-corrected chi connectivity index (χ1v) is 12.7. The third kappa shape index (κ3) is 6.95. The number of amides is 2. The quantitative estimate of drug-likeness (QED) is 0.539. The molecular weight excluding hydrogens is 442 g/mol. The highest BCUT2D eigenvalue weighted by molar-refractivity contribution is 7.92. The number of hydrogen-bond acceptors (Lipinski definition) is 5. The predicted octanol–water partition coefficient (Wildman–Crippen LogP) is 2.58. The highest BCUT2D eigenvalue weighted by Gasteiger charge is 2.30. The van der Waals surface area contributed by atoms with Crippen LogP contribution in [0.4, 0.5) is 5.69 Å². The Morgan fingerprint density at radius 1 is 1.06 bits per heavy atom. The van der Waals surface area contributed by atoms with Crippen molar-refractivity contribution in [3.8, 4) is 5.75 Å². The lowest BCUT2D eigenvalue weighted by Gasteiger charge is -2.32. The molecule has 0 spiro atoms. The van der Waals surface area contributed by atoms with Gasteiger partial charge in [0.25, 0.3) is 0 Å². The second-order valence-electron chi connectivity index (χ2n) is 7.69. The molecule has 0 bridgehead atoms. The number of ether oxygens (including phenoxy) is 1. The number of benzene rings is 2. The third-order valence-corrected chi connectivity index (χ3v) is 6.48. The zero-order valence-corrected chi connectivity index (χ0v) is 20.7. The Bertz CT molecular complexity index is 1050. The van der Waals surface area contributed by atoms with Crippen LogP contribution >= 0.6 is 0 Å². The lowest BCUT2D eigenvalue weighted by molar-refractivity contribution is -0.139. The maximum absolute atomic E-state index is 13.5. The van der Waals surface area contributed by atoms with Crippen LogP contribution in [0.3, 0.4) is 0 Å². The van der Waals surface area contributed by atoms with Gasteiger partial charge in [-0.05, 0) is 49.6 Å². The van der Waals surface area contributed by atoms with Crippen LogP contribution < -0.4 is 14.4 Å². The van der Waals surface area contributed by atoms with Crippen LogP contribution in [0, 0.1) is 0 Å². The molecule has 1 atom stereocenters. The molecule has 0 aliphatic heterocycles. The summed E-state index contributed by atoms with van der Waals surface area (Å²) in [6.45, 7) is 5.52. The molecule has 2 aromatic carbocycles. The molecule has 0 radical (unpaired) electrons. The number of sulfonamides is 1. The number of rotatable bonds is 11. The van der Waals surface area contributed by atoms with Crippen LogP contribution in [-0.2, 0) is 32.6 Å². The first kappa shape index (κ1) is 26.2. The summed E-state index contributed by atoms with van der Waals surface area (Å²) in [6, 6.07) is 13.5. The molecule has 2 amide bonds. The number of hydrogen-bond donors (Lipinski definition) is 1. The van der Waals surface area contributed by atoms with E-state index in [0.29, 0.717) is 24.4 Å². The number of likely N-dealkylation sites (N-methyl/N-ethyl adjacent to an activating group) is 1. The highest BCUT2D eigenvalue weighted by atomic mass is 32.2. The predicted molar refractivity (Wildman–Crippen MR) is 130 cm³/mol. The molecule has 2 rings (SSSR count). The smallest absolute Gasteiger partial charge is 0.244 e. The van der Waals surface area contributed by atoms with Crippen molar-refractivity contribution in [2.75, 3.05) is 30.8 Å². The highest BCUT2D eigenvalue weighted by Crippen LogP contribution is 2.24. The van der Waals surface area contributed by atoms with Gasteiger partial charge in [0.2, 0.25) is 21.8 Å². The minimum Gasteiger partial charge on any atom is -0.497 e. The summed E-state index contributed by atoms with van der Waals surface area (Å²) < 4.78 is 31.6. The molecule has 0 aliphatic carbocycles. The van der Waals surface area contributed by atoms with Crippen molar-refractivity contribution in [3.63, 3.8) is 0 Å². The van der Waals surface area contributed by atoms with Gasteiger partial charge >= 0.3 is 0 Å². The lowest BCUT2D eigenvalue weighted by atomic mass is 10.1. The van der Waals surface area contributed by atoms with Crippen LogP contribution in [-0.4, -0.2) is 57.6 Å². The first-order chi connectivity index (χ1) is 15.6. The fraction of sp³-hybridized carbons (Fsp3) is 0.417. The summed E-state index contributed by atoms with van der Waals surface area (Å²) in [5.41, 5.74) is 2.07. The fourth-order valence-electron chi connectivity index (χ4n) is 3.48. The molecule has 8 nitrogen and oxygen atoms in total. The van der Waals surface area contributed by atoms with E-state index in [1.807, 2.05) is 31.2 Å². The summed E-state index contributed by atoms with van der Waals surface area (Å²) in [6.07, 6.45) is 1.69. The normalized spacial score (nSPS) is 12.0. The van der Waals surface area contributed by atoms with Gasteiger partial charge in [-0.3, -0.25) is 13.9 Å². The standard InChI is InChI=1S/C24H33N3O5S/c1-6-20-10-8-9-11-22(20)27(33(5,30)31)17-23(28)26(18(3)24(29)25-7-2)16-19-12-14-21(32-4)15-13-19/h8-15,18H,6-7,16-17H2,1-5H3,(H,25,29)/t18-/m1/s1. The number of para-hydroxylation sites is 1. The number of anilines is 1. The Morgan fingerprint density at radius 3 is 2.24 bits per heavy atom. The van der Waals surface area contributed by atoms with Gasteiger partial charge in [0.1, 0.15) is 18.3 Å².